The molecule has 1 heterocycles. The van der Waals surface area contributed by atoms with Gasteiger partial charge in [-0.15, -0.1) is 0 Å². The third-order valence-electron chi connectivity index (χ3n) is 2.84. The molecule has 1 saturated carbocycles. The molecule has 0 unspecified atom stereocenters. The molecule has 1 aliphatic carbocycles. The highest BCUT2D eigenvalue weighted by molar-refractivity contribution is 5.40. The van der Waals surface area contributed by atoms with E-state index in [4.69, 9.17) is 5.73 Å². The van der Waals surface area contributed by atoms with Crippen LogP contribution in [0.4, 0.5) is 10.2 Å². The molecule has 76 valence electrons. The molecule has 0 bridgehead atoms. The smallest absolute Gasteiger partial charge is 0.165 e. The monoisotopic (exact) mass is 195 g/mol. The van der Waals surface area contributed by atoms with Gasteiger partial charge in [0.25, 0.3) is 0 Å². The van der Waals surface area contributed by atoms with Crippen LogP contribution in [0.25, 0.3) is 0 Å². The zero-order chi connectivity index (χ0) is 10.0. The highest BCUT2D eigenvalue weighted by atomic mass is 19.1. The minimum Gasteiger partial charge on any atom is -0.361 e. The van der Waals surface area contributed by atoms with E-state index >= 15 is 0 Å². The van der Waals surface area contributed by atoms with Crippen molar-refractivity contribution in [2.75, 3.05) is 11.9 Å². The van der Waals surface area contributed by atoms with Gasteiger partial charge in [0.05, 0.1) is 5.54 Å². The molecule has 0 saturated heterocycles. The van der Waals surface area contributed by atoms with Crippen LogP contribution in [0.15, 0.2) is 18.3 Å². The van der Waals surface area contributed by atoms with Crippen LogP contribution in [-0.4, -0.2) is 17.1 Å². The fourth-order valence-electron chi connectivity index (χ4n) is 1.71. The number of halogens is 1. The number of rotatable bonds is 3. The van der Waals surface area contributed by atoms with Crippen molar-refractivity contribution in [2.24, 2.45) is 5.73 Å². The van der Waals surface area contributed by atoms with E-state index in [0.29, 0.717) is 12.4 Å². The Labute approximate surface area is 82.5 Å². The number of nitrogens with one attached hydrogen (secondary N) is 1. The van der Waals surface area contributed by atoms with Gasteiger partial charge in [-0.25, -0.2) is 9.37 Å². The Morgan fingerprint density at radius 3 is 2.86 bits per heavy atom. The van der Waals surface area contributed by atoms with Crippen LogP contribution < -0.4 is 11.1 Å². The molecule has 0 aromatic carbocycles. The van der Waals surface area contributed by atoms with E-state index in [1.807, 2.05) is 0 Å². The van der Waals surface area contributed by atoms with Crippen molar-refractivity contribution in [2.45, 2.75) is 24.8 Å². The number of nitrogens with zero attached hydrogens (tertiary/aromatic N) is 1. The lowest BCUT2D eigenvalue weighted by atomic mass is 9.77. The molecule has 1 fully saturated rings. The van der Waals surface area contributed by atoms with Crippen LogP contribution >= 0.6 is 0 Å². The van der Waals surface area contributed by atoms with Gasteiger partial charge in [-0.2, -0.15) is 0 Å². The summed E-state index contributed by atoms with van der Waals surface area (Å²) in [5, 5.41) is 3.10. The fraction of sp³-hybridized carbons (Fsp3) is 0.500. The van der Waals surface area contributed by atoms with Gasteiger partial charge in [-0.3, -0.25) is 0 Å². The predicted octanol–water partition coefficient (Wildman–Crippen LogP) is 1.51. The van der Waals surface area contributed by atoms with Crippen LogP contribution in [0.3, 0.4) is 0 Å². The first kappa shape index (κ1) is 9.40. The van der Waals surface area contributed by atoms with Gasteiger partial charge in [0.2, 0.25) is 0 Å². The lowest BCUT2D eigenvalue weighted by molar-refractivity contribution is 0.285. The molecule has 4 heteroatoms. The number of anilines is 1. The van der Waals surface area contributed by atoms with Crippen molar-refractivity contribution in [3.8, 4) is 0 Å². The quantitative estimate of drug-likeness (QED) is 0.768. The van der Waals surface area contributed by atoms with E-state index in [1.165, 1.54) is 6.07 Å². The van der Waals surface area contributed by atoms with E-state index in [9.17, 15) is 4.39 Å². The SMILES string of the molecule is NCC1(Nc2ncccc2F)CCC1. The van der Waals surface area contributed by atoms with Crippen LogP contribution in [0.1, 0.15) is 19.3 Å². The molecule has 3 N–H and O–H groups in total. The Morgan fingerprint density at radius 2 is 2.36 bits per heavy atom. The summed E-state index contributed by atoms with van der Waals surface area (Å²) in [6.07, 6.45) is 4.73. The standard InChI is InChI=1S/C10H14FN3/c11-8-3-1-6-13-9(8)14-10(7-12)4-2-5-10/h1,3,6H,2,4-5,7,12H2,(H,13,14). The van der Waals surface area contributed by atoms with Gasteiger partial charge in [0.1, 0.15) is 0 Å². The molecule has 1 aromatic heterocycles. The number of pyridine rings is 1. The lowest BCUT2D eigenvalue weighted by Crippen LogP contribution is -2.51. The Kier molecular flexibility index (Phi) is 2.37. The van der Waals surface area contributed by atoms with Gasteiger partial charge >= 0.3 is 0 Å². The molecule has 0 spiro atoms. The first-order chi connectivity index (χ1) is 6.76. The van der Waals surface area contributed by atoms with Gasteiger partial charge in [0.15, 0.2) is 11.6 Å². The third kappa shape index (κ3) is 1.57. The van der Waals surface area contributed by atoms with E-state index in [-0.39, 0.29) is 11.4 Å². The predicted molar refractivity (Wildman–Crippen MR) is 53.5 cm³/mol. The topological polar surface area (TPSA) is 50.9 Å². The van der Waals surface area contributed by atoms with Crippen LogP contribution in [0, 0.1) is 5.82 Å². The zero-order valence-corrected chi connectivity index (χ0v) is 7.96. The summed E-state index contributed by atoms with van der Waals surface area (Å²) in [7, 11) is 0. The molecule has 1 aliphatic rings. The third-order valence-corrected chi connectivity index (χ3v) is 2.84. The Bertz CT molecular complexity index is 317. The van der Waals surface area contributed by atoms with Crippen molar-refractivity contribution in [1.29, 1.82) is 0 Å². The summed E-state index contributed by atoms with van der Waals surface area (Å²) in [4.78, 5) is 3.95. The largest absolute Gasteiger partial charge is 0.361 e. The van der Waals surface area contributed by atoms with Gasteiger partial charge in [0, 0.05) is 12.7 Å². The summed E-state index contributed by atoms with van der Waals surface area (Å²) in [6, 6.07) is 2.98. The maximum Gasteiger partial charge on any atom is 0.165 e. The Hall–Kier alpha value is -1.16. The van der Waals surface area contributed by atoms with Crippen LogP contribution in [0.2, 0.25) is 0 Å². The normalized spacial score (nSPS) is 18.7. The summed E-state index contributed by atoms with van der Waals surface area (Å²) in [6.45, 7) is 0.531. The van der Waals surface area contributed by atoms with E-state index in [1.54, 1.807) is 12.3 Å². The van der Waals surface area contributed by atoms with Crippen molar-refractivity contribution >= 4 is 5.82 Å². The van der Waals surface area contributed by atoms with Gasteiger partial charge in [-0.05, 0) is 31.4 Å². The molecular formula is C10H14FN3. The van der Waals surface area contributed by atoms with E-state index in [2.05, 4.69) is 10.3 Å². The molecule has 0 amide bonds. The summed E-state index contributed by atoms with van der Waals surface area (Å²) in [5.41, 5.74) is 5.54. The average Bonchev–Trinajstić information content (AvgIpc) is 2.14. The molecule has 0 atom stereocenters. The van der Waals surface area contributed by atoms with Crippen molar-refractivity contribution in [1.82, 2.24) is 4.98 Å². The zero-order valence-electron chi connectivity index (χ0n) is 7.96. The molecule has 14 heavy (non-hydrogen) atoms. The molecular weight excluding hydrogens is 181 g/mol. The lowest BCUT2D eigenvalue weighted by Gasteiger charge is -2.42. The summed E-state index contributed by atoms with van der Waals surface area (Å²) in [5.74, 6) is 0.00451. The Balaban J connectivity index is 2.13. The number of aromatic nitrogens is 1. The minimum atomic E-state index is -0.313. The van der Waals surface area contributed by atoms with Gasteiger partial charge < -0.3 is 11.1 Å². The number of hydrogen-bond acceptors (Lipinski definition) is 3. The van der Waals surface area contributed by atoms with Crippen molar-refractivity contribution in [3.63, 3.8) is 0 Å². The van der Waals surface area contributed by atoms with Crippen LogP contribution in [0.5, 0.6) is 0 Å². The number of hydrogen-bond donors (Lipinski definition) is 2. The van der Waals surface area contributed by atoms with Gasteiger partial charge in [-0.1, -0.05) is 0 Å². The first-order valence-corrected chi connectivity index (χ1v) is 4.85. The van der Waals surface area contributed by atoms with E-state index in [0.717, 1.165) is 19.3 Å². The maximum absolute atomic E-state index is 13.3. The minimum absolute atomic E-state index is 0.116. The Morgan fingerprint density at radius 1 is 1.57 bits per heavy atom. The highest BCUT2D eigenvalue weighted by Crippen LogP contribution is 2.34. The summed E-state index contributed by atoms with van der Waals surface area (Å²) < 4.78 is 13.3. The average molecular weight is 195 g/mol. The summed E-state index contributed by atoms with van der Waals surface area (Å²) >= 11 is 0. The van der Waals surface area contributed by atoms with Crippen molar-refractivity contribution < 1.29 is 4.39 Å². The molecule has 3 nitrogen and oxygen atoms in total. The fourth-order valence-corrected chi connectivity index (χ4v) is 1.71. The second kappa shape index (κ2) is 3.53. The number of nitrogens with two attached hydrogens (primary N) is 1. The van der Waals surface area contributed by atoms with Crippen molar-refractivity contribution in [3.05, 3.63) is 24.1 Å². The van der Waals surface area contributed by atoms with Crippen LogP contribution in [-0.2, 0) is 0 Å². The highest BCUT2D eigenvalue weighted by Gasteiger charge is 2.36. The molecule has 0 radical (unpaired) electrons. The molecule has 0 aliphatic heterocycles. The molecule has 2 rings (SSSR count). The second-order valence-electron chi connectivity index (χ2n) is 3.80. The second-order valence-corrected chi connectivity index (χ2v) is 3.80. The van der Waals surface area contributed by atoms with E-state index < -0.39 is 0 Å². The first-order valence-electron chi connectivity index (χ1n) is 4.85. The molecule has 1 aromatic rings. The maximum atomic E-state index is 13.3.